The van der Waals surface area contributed by atoms with Gasteiger partial charge in [-0.2, -0.15) is 0 Å². The molecule has 0 radical (unpaired) electrons. The monoisotopic (exact) mass is 487 g/mol. The highest BCUT2D eigenvalue weighted by molar-refractivity contribution is 6.07. The van der Waals surface area contributed by atoms with Crippen molar-refractivity contribution in [3.63, 3.8) is 0 Å². The Kier molecular flexibility index (Phi) is 6.07. The van der Waals surface area contributed by atoms with Crippen molar-refractivity contribution in [2.45, 2.75) is 45.1 Å². The summed E-state index contributed by atoms with van der Waals surface area (Å²) >= 11 is 0. The predicted molar refractivity (Wildman–Crippen MR) is 132 cm³/mol. The first kappa shape index (κ1) is 23.7. The van der Waals surface area contributed by atoms with Gasteiger partial charge in [0.05, 0.1) is 0 Å². The highest BCUT2D eigenvalue weighted by atomic mass is 16.4. The van der Waals surface area contributed by atoms with Gasteiger partial charge in [-0.25, -0.2) is 4.79 Å². The van der Waals surface area contributed by atoms with Gasteiger partial charge in [0.2, 0.25) is 11.8 Å². The van der Waals surface area contributed by atoms with E-state index < -0.39 is 11.6 Å². The number of urea groups is 1. The number of piperidine rings is 1. The molecule has 1 aromatic heterocycles. The van der Waals surface area contributed by atoms with Crippen LogP contribution in [0.5, 0.6) is 0 Å². The molecule has 3 aromatic rings. The van der Waals surface area contributed by atoms with Crippen molar-refractivity contribution in [3.8, 4) is 11.5 Å². The summed E-state index contributed by atoms with van der Waals surface area (Å²) in [5, 5.41) is 13.6. The zero-order valence-electron chi connectivity index (χ0n) is 20.6. The second-order valence-corrected chi connectivity index (χ2v) is 9.83. The van der Waals surface area contributed by atoms with Crippen LogP contribution in [0.2, 0.25) is 0 Å². The number of nitrogens with one attached hydrogen (secondary N) is 2. The van der Waals surface area contributed by atoms with Crippen LogP contribution in [-0.4, -0.2) is 46.0 Å². The number of carbonyl (C=O) groups excluding carboxylic acids is 3. The molecule has 9 heteroatoms. The Hall–Kier alpha value is -4.01. The Balaban J connectivity index is 1.24. The molecule has 4 amide bonds. The third kappa shape index (κ3) is 4.14. The minimum absolute atomic E-state index is 0.0654. The zero-order chi connectivity index (χ0) is 25.4. The topological polar surface area (TPSA) is 117 Å². The molecular formula is C27H29N5O4. The average molecular weight is 488 g/mol. The van der Waals surface area contributed by atoms with Crippen molar-refractivity contribution in [3.05, 3.63) is 71.1 Å². The van der Waals surface area contributed by atoms with Crippen LogP contribution < -0.4 is 10.6 Å². The number of benzene rings is 2. The fraction of sp³-hybridized carbons (Fsp3) is 0.370. The molecule has 1 atom stereocenters. The Morgan fingerprint density at radius 3 is 2.28 bits per heavy atom. The highest BCUT2D eigenvalue weighted by Gasteiger charge is 2.50. The van der Waals surface area contributed by atoms with E-state index in [0.717, 1.165) is 18.4 Å². The minimum Gasteiger partial charge on any atom is -0.420 e. The maximum Gasteiger partial charge on any atom is 0.322 e. The van der Waals surface area contributed by atoms with Crippen LogP contribution in [0, 0.1) is 12.8 Å². The summed E-state index contributed by atoms with van der Waals surface area (Å²) in [6, 6.07) is 14.4. The third-order valence-electron chi connectivity index (χ3n) is 7.22. The van der Waals surface area contributed by atoms with Crippen molar-refractivity contribution >= 4 is 17.8 Å². The van der Waals surface area contributed by atoms with Gasteiger partial charge in [0.25, 0.3) is 11.8 Å². The van der Waals surface area contributed by atoms with Gasteiger partial charge < -0.3 is 14.6 Å². The molecular weight excluding hydrogens is 458 g/mol. The van der Waals surface area contributed by atoms with E-state index in [0.29, 0.717) is 36.0 Å². The summed E-state index contributed by atoms with van der Waals surface area (Å²) in [4.78, 5) is 39.4. The van der Waals surface area contributed by atoms with E-state index >= 15 is 0 Å². The summed E-state index contributed by atoms with van der Waals surface area (Å²) in [6.07, 6.45) is 1.48. The number of nitrogens with zero attached hydrogens (tertiary/aromatic N) is 3. The molecule has 36 heavy (non-hydrogen) atoms. The molecule has 2 N–H and O–H groups in total. The standard InChI is InChI=1S/C27H29N5O4/c1-16(2)27(25(34)28-26(35)29-27)21-10-8-20(9-11-21)24(33)32-14-12-19(13-15-32)23-31-30-22(36-23)18-6-4-17(3)5-7-18/h4-11,16,19H,12-15H2,1-3H3,(H2,28,29,34,35). The third-order valence-corrected chi connectivity index (χ3v) is 7.22. The van der Waals surface area contributed by atoms with E-state index in [-0.39, 0.29) is 23.7 Å². The summed E-state index contributed by atoms with van der Waals surface area (Å²) < 4.78 is 5.95. The van der Waals surface area contributed by atoms with Gasteiger partial charge >= 0.3 is 6.03 Å². The second kappa shape index (κ2) is 9.22. The number of imide groups is 1. The van der Waals surface area contributed by atoms with Crippen molar-refractivity contribution in [1.82, 2.24) is 25.7 Å². The lowest BCUT2D eigenvalue weighted by Gasteiger charge is -2.32. The van der Waals surface area contributed by atoms with Gasteiger partial charge in [-0.1, -0.05) is 43.7 Å². The van der Waals surface area contributed by atoms with Gasteiger partial charge in [0, 0.05) is 30.1 Å². The molecule has 3 heterocycles. The van der Waals surface area contributed by atoms with Crippen LogP contribution in [-0.2, 0) is 10.3 Å². The Labute approximate surface area is 209 Å². The first-order chi connectivity index (χ1) is 17.3. The van der Waals surface area contributed by atoms with E-state index in [2.05, 4.69) is 20.8 Å². The molecule has 0 aliphatic carbocycles. The number of carbonyl (C=O) groups is 3. The normalized spacial score (nSPS) is 20.5. The van der Waals surface area contributed by atoms with Crippen LogP contribution in [0.3, 0.4) is 0 Å². The maximum atomic E-state index is 13.1. The molecule has 2 aliphatic rings. The lowest BCUT2D eigenvalue weighted by atomic mass is 9.79. The molecule has 2 fully saturated rings. The van der Waals surface area contributed by atoms with Gasteiger partial charge in [0.1, 0.15) is 5.54 Å². The van der Waals surface area contributed by atoms with Crippen LogP contribution in [0.1, 0.15) is 60.0 Å². The lowest BCUT2D eigenvalue weighted by Crippen LogP contribution is -2.48. The Morgan fingerprint density at radius 1 is 1.03 bits per heavy atom. The lowest BCUT2D eigenvalue weighted by molar-refractivity contribution is -0.125. The van der Waals surface area contributed by atoms with Crippen LogP contribution in [0.25, 0.3) is 11.5 Å². The number of hydrogen-bond acceptors (Lipinski definition) is 6. The van der Waals surface area contributed by atoms with Gasteiger partial charge in [0.15, 0.2) is 0 Å². The van der Waals surface area contributed by atoms with Gasteiger partial charge in [-0.3, -0.25) is 14.9 Å². The maximum absolute atomic E-state index is 13.1. The molecule has 5 rings (SSSR count). The number of aromatic nitrogens is 2. The number of likely N-dealkylation sites (tertiary alicyclic amines) is 1. The number of hydrogen-bond donors (Lipinski definition) is 2. The molecule has 0 saturated carbocycles. The quantitative estimate of drug-likeness (QED) is 0.529. The fourth-order valence-corrected chi connectivity index (χ4v) is 5.01. The average Bonchev–Trinajstić information content (AvgIpc) is 3.49. The summed E-state index contributed by atoms with van der Waals surface area (Å²) in [7, 11) is 0. The van der Waals surface area contributed by atoms with Crippen molar-refractivity contribution in [1.29, 1.82) is 0 Å². The molecule has 2 saturated heterocycles. The van der Waals surface area contributed by atoms with Crippen LogP contribution in [0.15, 0.2) is 52.9 Å². The van der Waals surface area contributed by atoms with Crippen LogP contribution >= 0.6 is 0 Å². The predicted octanol–water partition coefficient (Wildman–Crippen LogP) is 3.76. The fourth-order valence-electron chi connectivity index (χ4n) is 5.01. The van der Waals surface area contributed by atoms with Crippen molar-refractivity contribution < 1.29 is 18.8 Å². The first-order valence-electron chi connectivity index (χ1n) is 12.2. The van der Waals surface area contributed by atoms with Gasteiger partial charge in [-0.15, -0.1) is 10.2 Å². The first-order valence-corrected chi connectivity index (χ1v) is 12.2. The molecule has 1 unspecified atom stereocenters. The van der Waals surface area contributed by atoms with Gasteiger partial charge in [-0.05, 0) is 55.5 Å². The smallest absolute Gasteiger partial charge is 0.322 e. The van der Waals surface area contributed by atoms with E-state index in [9.17, 15) is 14.4 Å². The highest BCUT2D eigenvalue weighted by Crippen LogP contribution is 2.34. The Morgan fingerprint density at radius 2 is 1.69 bits per heavy atom. The number of aryl methyl sites for hydroxylation is 1. The Bertz CT molecular complexity index is 1290. The van der Waals surface area contributed by atoms with Crippen molar-refractivity contribution in [2.75, 3.05) is 13.1 Å². The zero-order valence-corrected chi connectivity index (χ0v) is 20.6. The summed E-state index contributed by atoms with van der Waals surface area (Å²) in [6.45, 7) is 6.95. The summed E-state index contributed by atoms with van der Waals surface area (Å²) in [5.74, 6) is 0.617. The minimum atomic E-state index is -1.14. The van der Waals surface area contributed by atoms with E-state index in [1.807, 2.05) is 49.9 Å². The molecule has 0 spiro atoms. The molecule has 9 nitrogen and oxygen atoms in total. The van der Waals surface area contributed by atoms with Crippen molar-refractivity contribution in [2.24, 2.45) is 5.92 Å². The molecule has 2 aromatic carbocycles. The van der Waals surface area contributed by atoms with E-state index in [1.165, 1.54) is 5.56 Å². The molecule has 186 valence electrons. The SMILES string of the molecule is Cc1ccc(-c2nnc(C3CCN(C(=O)c4ccc(C5(C(C)C)NC(=O)NC5=O)cc4)CC3)o2)cc1. The largest absolute Gasteiger partial charge is 0.420 e. The van der Waals surface area contributed by atoms with E-state index in [1.54, 1.807) is 24.3 Å². The molecule has 2 aliphatic heterocycles. The molecule has 0 bridgehead atoms. The van der Waals surface area contributed by atoms with Crippen LogP contribution in [0.4, 0.5) is 4.79 Å². The number of rotatable bonds is 5. The number of amides is 4. The second-order valence-electron chi connectivity index (χ2n) is 9.83. The summed E-state index contributed by atoms with van der Waals surface area (Å²) in [5.41, 5.74) is 2.11. The van der Waals surface area contributed by atoms with E-state index in [4.69, 9.17) is 4.42 Å².